The summed E-state index contributed by atoms with van der Waals surface area (Å²) in [7, 11) is 0. The molecule has 0 spiro atoms. The number of nitrogens with two attached hydrogens (primary N) is 1. The van der Waals surface area contributed by atoms with Crippen molar-refractivity contribution < 1.29 is 23.8 Å². The Kier molecular flexibility index (Phi) is 20.0. The Balaban J connectivity index is 1.44. The van der Waals surface area contributed by atoms with E-state index in [0.29, 0.717) is 43.0 Å². The molecule has 0 aliphatic rings. The molecule has 2 aromatic heterocycles. The average molecular weight is 708 g/mol. The van der Waals surface area contributed by atoms with Gasteiger partial charge in [0.25, 0.3) is 0 Å². The number of fused-ring (bicyclic) bond motifs is 1. The van der Waals surface area contributed by atoms with E-state index in [1.165, 1.54) is 77.0 Å². The van der Waals surface area contributed by atoms with Gasteiger partial charge in [0.05, 0.1) is 25.5 Å². The van der Waals surface area contributed by atoms with Gasteiger partial charge >= 0.3 is 11.9 Å². The molecule has 2 N–H and O–H groups in total. The minimum atomic E-state index is -0.220. The van der Waals surface area contributed by atoms with E-state index >= 15 is 0 Å². The molecule has 51 heavy (non-hydrogen) atoms. The summed E-state index contributed by atoms with van der Waals surface area (Å²) in [6, 6.07) is 9.80. The van der Waals surface area contributed by atoms with Crippen LogP contribution in [0.1, 0.15) is 142 Å². The summed E-state index contributed by atoms with van der Waals surface area (Å²) >= 11 is 0. The average Bonchev–Trinajstić information content (AvgIpc) is 3.53. The molecule has 10 nitrogen and oxygen atoms in total. The summed E-state index contributed by atoms with van der Waals surface area (Å²) in [5.74, 6) is -0.169. The van der Waals surface area contributed by atoms with E-state index in [-0.39, 0.29) is 48.9 Å². The fourth-order valence-corrected chi connectivity index (χ4v) is 6.05. The number of anilines is 1. The normalized spacial score (nSPS) is 12.6. The first kappa shape index (κ1) is 41.7. The summed E-state index contributed by atoms with van der Waals surface area (Å²) in [4.78, 5) is 38.5. The lowest BCUT2D eigenvalue weighted by molar-refractivity contribution is -0.151. The van der Waals surface area contributed by atoms with E-state index in [2.05, 4.69) is 21.9 Å². The monoisotopic (exact) mass is 707 g/mol. The number of nitrogens with zero attached hydrogens (tertiary/aromatic N) is 4. The molecule has 284 valence electrons. The van der Waals surface area contributed by atoms with Crippen LogP contribution in [0, 0.1) is 17.8 Å². The molecule has 0 aliphatic carbocycles. The maximum Gasteiger partial charge on any atom is 0.308 e. The third-order valence-electron chi connectivity index (χ3n) is 9.73. The lowest BCUT2D eigenvalue weighted by atomic mass is 9.98. The van der Waals surface area contributed by atoms with Crippen LogP contribution in [0.25, 0.3) is 11.2 Å². The molecule has 3 rings (SSSR count). The minimum Gasteiger partial charge on any atom is -0.471 e. The first-order chi connectivity index (χ1) is 24.8. The standard InChI is InChI=1S/C41H65N5O5/c1-5-6-7-8-9-10-11-12-13-14-15-16-17-18-22-25-36(47)50-30-35(26-27-49-40(48)33(4)32(2)3)28-46-31-43-37-38(46)44-41(42)45-39(37)51-29-34-23-20-19-21-24-34/h19-21,23-24,31-33,35H,5-18,22,25-30H2,1-4H3,(H2,42,44,45)/t33-,35+/m0/s1. The van der Waals surface area contributed by atoms with Crippen molar-refractivity contribution in [3.05, 3.63) is 42.2 Å². The highest BCUT2D eigenvalue weighted by Gasteiger charge is 2.21. The van der Waals surface area contributed by atoms with Gasteiger partial charge in [-0.15, -0.1) is 0 Å². The van der Waals surface area contributed by atoms with Gasteiger partial charge < -0.3 is 24.5 Å². The minimum absolute atomic E-state index is 0.0791. The molecule has 1 aromatic carbocycles. The highest BCUT2D eigenvalue weighted by molar-refractivity contribution is 5.77. The molecule has 3 aromatic rings. The Bertz CT molecular complexity index is 1400. The van der Waals surface area contributed by atoms with Crippen LogP contribution in [-0.2, 0) is 32.2 Å². The van der Waals surface area contributed by atoms with Gasteiger partial charge in [-0.25, -0.2) is 4.98 Å². The van der Waals surface area contributed by atoms with Crippen molar-refractivity contribution in [2.75, 3.05) is 18.9 Å². The van der Waals surface area contributed by atoms with Crippen LogP contribution in [0.5, 0.6) is 5.88 Å². The van der Waals surface area contributed by atoms with Crippen LogP contribution in [-0.4, -0.2) is 44.7 Å². The molecular formula is C41H65N5O5. The Hall–Kier alpha value is -3.69. The second-order valence-corrected chi connectivity index (χ2v) is 14.5. The van der Waals surface area contributed by atoms with Gasteiger partial charge in [-0.3, -0.25) is 9.59 Å². The van der Waals surface area contributed by atoms with E-state index in [0.717, 1.165) is 24.8 Å². The van der Waals surface area contributed by atoms with Gasteiger partial charge in [0.1, 0.15) is 6.61 Å². The lowest BCUT2D eigenvalue weighted by Crippen LogP contribution is -2.24. The van der Waals surface area contributed by atoms with Crippen LogP contribution in [0.2, 0.25) is 0 Å². The Labute approximate surface area is 306 Å². The van der Waals surface area contributed by atoms with Crippen molar-refractivity contribution >= 4 is 29.1 Å². The van der Waals surface area contributed by atoms with Gasteiger partial charge in [0.2, 0.25) is 11.8 Å². The fraction of sp³-hybridized carbons (Fsp3) is 0.683. The predicted molar refractivity (Wildman–Crippen MR) is 204 cm³/mol. The molecule has 0 saturated carbocycles. The van der Waals surface area contributed by atoms with Gasteiger partial charge in [-0.1, -0.05) is 148 Å². The summed E-state index contributed by atoms with van der Waals surface area (Å²) in [5, 5.41) is 0. The number of imidazole rings is 1. The smallest absolute Gasteiger partial charge is 0.308 e. The third-order valence-corrected chi connectivity index (χ3v) is 9.73. The molecule has 0 aliphatic heterocycles. The van der Waals surface area contributed by atoms with Gasteiger partial charge in [-0.05, 0) is 24.3 Å². The molecule has 2 atom stereocenters. The van der Waals surface area contributed by atoms with Crippen molar-refractivity contribution in [2.24, 2.45) is 17.8 Å². The molecule has 0 unspecified atom stereocenters. The number of ether oxygens (including phenoxy) is 3. The zero-order valence-electron chi connectivity index (χ0n) is 32.0. The topological polar surface area (TPSA) is 131 Å². The largest absolute Gasteiger partial charge is 0.471 e. The number of carbonyl (C=O) groups excluding carboxylic acids is 2. The Morgan fingerprint density at radius 2 is 1.41 bits per heavy atom. The number of rotatable bonds is 28. The van der Waals surface area contributed by atoms with E-state index in [9.17, 15) is 9.59 Å². The number of carbonyl (C=O) groups is 2. The van der Waals surface area contributed by atoms with E-state index in [4.69, 9.17) is 19.9 Å². The van der Waals surface area contributed by atoms with Crippen molar-refractivity contribution in [2.45, 2.75) is 150 Å². The summed E-state index contributed by atoms with van der Waals surface area (Å²) in [6.45, 7) is 9.34. The highest BCUT2D eigenvalue weighted by atomic mass is 16.5. The number of hydrogen-bond donors (Lipinski definition) is 1. The highest BCUT2D eigenvalue weighted by Crippen LogP contribution is 2.25. The second kappa shape index (κ2) is 24.5. The van der Waals surface area contributed by atoms with Crippen LogP contribution in [0.15, 0.2) is 36.7 Å². The number of unbranched alkanes of at least 4 members (excludes halogenated alkanes) is 14. The number of hydrogen-bond acceptors (Lipinski definition) is 9. The van der Waals surface area contributed by atoms with Gasteiger partial charge in [0, 0.05) is 18.9 Å². The molecule has 0 radical (unpaired) electrons. The van der Waals surface area contributed by atoms with E-state index < -0.39 is 0 Å². The molecule has 0 amide bonds. The van der Waals surface area contributed by atoms with Crippen molar-refractivity contribution in [3.63, 3.8) is 0 Å². The van der Waals surface area contributed by atoms with Crippen LogP contribution in [0.3, 0.4) is 0 Å². The molecule has 0 saturated heterocycles. The number of aromatic nitrogens is 4. The third kappa shape index (κ3) is 16.5. The first-order valence-electron chi connectivity index (χ1n) is 19.8. The molecule has 0 fully saturated rings. The maximum absolute atomic E-state index is 12.7. The zero-order chi connectivity index (χ0) is 36.7. The van der Waals surface area contributed by atoms with Gasteiger partial charge in [0.15, 0.2) is 11.2 Å². The van der Waals surface area contributed by atoms with E-state index in [1.807, 2.05) is 55.7 Å². The van der Waals surface area contributed by atoms with Crippen molar-refractivity contribution in [1.29, 1.82) is 0 Å². The maximum atomic E-state index is 12.7. The predicted octanol–water partition coefficient (Wildman–Crippen LogP) is 9.63. The summed E-state index contributed by atoms with van der Waals surface area (Å²) in [5.41, 5.74) is 8.11. The van der Waals surface area contributed by atoms with Crippen molar-refractivity contribution in [1.82, 2.24) is 19.5 Å². The fourth-order valence-electron chi connectivity index (χ4n) is 6.05. The SMILES string of the molecule is CCCCCCCCCCCCCCCCCC(=O)OC[C@H](CCOC(=O)[C@@H](C)C(C)C)Cn1cnc2c(OCc3ccccc3)nc(N)nc21. The molecule has 2 heterocycles. The first-order valence-corrected chi connectivity index (χ1v) is 19.8. The van der Waals surface area contributed by atoms with E-state index in [1.54, 1.807) is 6.33 Å². The summed E-state index contributed by atoms with van der Waals surface area (Å²) in [6.07, 6.45) is 21.8. The molecular weight excluding hydrogens is 642 g/mol. The number of esters is 2. The second-order valence-electron chi connectivity index (χ2n) is 14.5. The van der Waals surface area contributed by atoms with Crippen LogP contribution >= 0.6 is 0 Å². The lowest BCUT2D eigenvalue weighted by Gasteiger charge is -2.19. The Morgan fingerprint density at radius 3 is 2.02 bits per heavy atom. The van der Waals surface area contributed by atoms with Crippen LogP contribution < -0.4 is 10.5 Å². The number of benzene rings is 1. The molecule has 10 heteroatoms. The van der Waals surface area contributed by atoms with Crippen LogP contribution in [0.4, 0.5) is 5.95 Å². The zero-order valence-corrected chi connectivity index (χ0v) is 32.0. The quantitative estimate of drug-likeness (QED) is 0.0579. The van der Waals surface area contributed by atoms with Crippen molar-refractivity contribution in [3.8, 4) is 5.88 Å². The van der Waals surface area contributed by atoms with Gasteiger partial charge in [-0.2, -0.15) is 9.97 Å². The number of nitrogen functional groups attached to an aromatic ring is 1. The Morgan fingerprint density at radius 1 is 0.804 bits per heavy atom. The molecule has 0 bridgehead atoms. The summed E-state index contributed by atoms with van der Waals surface area (Å²) < 4.78 is 19.2.